The van der Waals surface area contributed by atoms with Crippen molar-refractivity contribution < 1.29 is 9.90 Å². The van der Waals surface area contributed by atoms with E-state index in [1.807, 2.05) is 6.92 Å². The number of pyridine rings is 1. The Labute approximate surface area is 114 Å². The molecule has 0 aliphatic rings. The molecule has 0 fully saturated rings. The minimum absolute atomic E-state index is 0.0344. The topological polar surface area (TPSA) is 79.5 Å². The van der Waals surface area contributed by atoms with E-state index in [1.54, 1.807) is 24.1 Å². The smallest absolute Gasteiger partial charge is 0.253 e. The van der Waals surface area contributed by atoms with Gasteiger partial charge in [0.15, 0.2) is 0 Å². The third-order valence-electron chi connectivity index (χ3n) is 3.01. The fourth-order valence-electron chi connectivity index (χ4n) is 1.87. The van der Waals surface area contributed by atoms with Gasteiger partial charge in [0.1, 0.15) is 5.82 Å². The molecule has 0 aromatic carbocycles. The predicted octanol–water partition coefficient (Wildman–Crippen LogP) is 1.46. The lowest BCUT2D eigenvalue weighted by Gasteiger charge is -2.17. The van der Waals surface area contributed by atoms with Crippen LogP contribution in [0.1, 0.15) is 42.2 Å². The van der Waals surface area contributed by atoms with Crippen LogP contribution in [0.3, 0.4) is 0 Å². The Morgan fingerprint density at radius 3 is 2.74 bits per heavy atom. The second-order valence-corrected chi connectivity index (χ2v) is 4.64. The predicted molar refractivity (Wildman–Crippen MR) is 75.9 cm³/mol. The number of hydrogen-bond donors (Lipinski definition) is 2. The molecule has 19 heavy (non-hydrogen) atoms. The fraction of sp³-hybridized carbons (Fsp3) is 0.571. The molecule has 1 amide bonds. The first-order valence-corrected chi connectivity index (χ1v) is 6.71. The van der Waals surface area contributed by atoms with Crippen molar-refractivity contribution >= 4 is 11.7 Å². The maximum absolute atomic E-state index is 12.2. The van der Waals surface area contributed by atoms with Crippen LogP contribution >= 0.6 is 0 Å². The van der Waals surface area contributed by atoms with E-state index in [1.165, 1.54) is 0 Å². The summed E-state index contributed by atoms with van der Waals surface area (Å²) in [4.78, 5) is 18.1. The van der Waals surface area contributed by atoms with E-state index in [2.05, 4.69) is 4.98 Å². The van der Waals surface area contributed by atoms with E-state index in [-0.39, 0.29) is 12.5 Å². The van der Waals surface area contributed by atoms with E-state index >= 15 is 0 Å². The van der Waals surface area contributed by atoms with Gasteiger partial charge in [0.25, 0.3) is 5.91 Å². The van der Waals surface area contributed by atoms with Gasteiger partial charge in [-0.15, -0.1) is 0 Å². The quantitative estimate of drug-likeness (QED) is 0.731. The van der Waals surface area contributed by atoms with Crippen LogP contribution < -0.4 is 5.73 Å². The summed E-state index contributed by atoms with van der Waals surface area (Å²) in [6.45, 7) is 2.87. The average molecular weight is 265 g/mol. The van der Waals surface area contributed by atoms with Crippen LogP contribution in [0.15, 0.2) is 12.1 Å². The summed E-state index contributed by atoms with van der Waals surface area (Å²) < 4.78 is 0. The summed E-state index contributed by atoms with van der Waals surface area (Å²) in [5, 5.41) is 8.71. The number of aromatic nitrogens is 1. The van der Waals surface area contributed by atoms with Crippen LogP contribution in [0.25, 0.3) is 0 Å². The molecule has 1 heterocycles. The van der Waals surface area contributed by atoms with Crippen LogP contribution in [0.2, 0.25) is 0 Å². The standard InChI is InChI=1S/C14H23N3O2/c1-3-12-9-11(10-13(15)16-12)14(19)17(2)7-5-4-6-8-18/h9-10,18H,3-8H2,1-2H3,(H2,15,16). The van der Waals surface area contributed by atoms with Crippen molar-refractivity contribution in [1.29, 1.82) is 0 Å². The molecular weight excluding hydrogens is 242 g/mol. The Balaban J connectivity index is 2.63. The first-order valence-electron chi connectivity index (χ1n) is 6.71. The van der Waals surface area contributed by atoms with E-state index in [0.717, 1.165) is 31.4 Å². The second-order valence-electron chi connectivity index (χ2n) is 4.64. The first-order chi connectivity index (χ1) is 9.08. The molecule has 106 valence electrons. The molecule has 1 aromatic rings. The number of aliphatic hydroxyl groups is 1. The van der Waals surface area contributed by atoms with E-state index < -0.39 is 0 Å². The molecule has 0 atom stereocenters. The van der Waals surface area contributed by atoms with Crippen molar-refractivity contribution in [1.82, 2.24) is 9.88 Å². The number of hydrogen-bond acceptors (Lipinski definition) is 4. The lowest BCUT2D eigenvalue weighted by molar-refractivity contribution is 0.0792. The molecule has 0 spiro atoms. The number of aliphatic hydroxyl groups excluding tert-OH is 1. The van der Waals surface area contributed by atoms with Gasteiger partial charge in [-0.3, -0.25) is 4.79 Å². The number of rotatable bonds is 7. The molecule has 1 aromatic heterocycles. The summed E-state index contributed by atoms with van der Waals surface area (Å²) in [6, 6.07) is 3.41. The van der Waals surface area contributed by atoms with Gasteiger partial charge >= 0.3 is 0 Å². The maximum atomic E-state index is 12.2. The fourth-order valence-corrected chi connectivity index (χ4v) is 1.87. The molecule has 0 aliphatic heterocycles. The van der Waals surface area contributed by atoms with Gasteiger partial charge in [0.05, 0.1) is 0 Å². The van der Waals surface area contributed by atoms with Crippen LogP contribution in [0, 0.1) is 0 Å². The van der Waals surface area contributed by atoms with Gasteiger partial charge in [-0.1, -0.05) is 6.92 Å². The molecular formula is C14H23N3O2. The Morgan fingerprint density at radius 1 is 1.37 bits per heavy atom. The van der Waals surface area contributed by atoms with Crippen LogP contribution in [-0.2, 0) is 6.42 Å². The summed E-state index contributed by atoms with van der Waals surface area (Å²) in [6.07, 6.45) is 3.35. The number of anilines is 1. The molecule has 0 saturated carbocycles. The number of carbonyl (C=O) groups excluding carboxylic acids is 1. The van der Waals surface area contributed by atoms with Crippen molar-refractivity contribution in [2.75, 3.05) is 25.9 Å². The molecule has 0 saturated heterocycles. The molecule has 0 aliphatic carbocycles. The third kappa shape index (κ3) is 4.87. The highest BCUT2D eigenvalue weighted by Gasteiger charge is 2.13. The number of nitrogens with two attached hydrogens (primary N) is 1. The minimum atomic E-state index is -0.0344. The summed E-state index contributed by atoms with van der Waals surface area (Å²) in [5.41, 5.74) is 7.13. The molecule has 3 N–H and O–H groups in total. The Bertz CT molecular complexity index is 421. The lowest BCUT2D eigenvalue weighted by atomic mass is 10.1. The summed E-state index contributed by atoms with van der Waals surface area (Å²) >= 11 is 0. The third-order valence-corrected chi connectivity index (χ3v) is 3.01. The number of aryl methyl sites for hydroxylation is 1. The normalized spacial score (nSPS) is 10.5. The first kappa shape index (κ1) is 15.4. The monoisotopic (exact) mass is 265 g/mol. The Kier molecular flexibility index (Phi) is 6.29. The molecule has 0 radical (unpaired) electrons. The number of amides is 1. The Hall–Kier alpha value is -1.62. The summed E-state index contributed by atoms with van der Waals surface area (Å²) in [7, 11) is 1.78. The highest BCUT2D eigenvalue weighted by atomic mass is 16.2. The van der Waals surface area contributed by atoms with Gasteiger partial charge in [0, 0.05) is 31.5 Å². The number of nitrogens with zero attached hydrogens (tertiary/aromatic N) is 2. The largest absolute Gasteiger partial charge is 0.396 e. The molecule has 1 rings (SSSR count). The molecule has 0 unspecified atom stereocenters. The van der Waals surface area contributed by atoms with Crippen molar-refractivity contribution in [2.24, 2.45) is 0 Å². The molecule has 5 heteroatoms. The lowest BCUT2D eigenvalue weighted by Crippen LogP contribution is -2.28. The highest BCUT2D eigenvalue weighted by Crippen LogP contribution is 2.11. The zero-order chi connectivity index (χ0) is 14.3. The Morgan fingerprint density at radius 2 is 2.11 bits per heavy atom. The SMILES string of the molecule is CCc1cc(C(=O)N(C)CCCCCO)cc(N)n1. The van der Waals surface area contributed by atoms with Gasteiger partial charge in [-0.25, -0.2) is 4.98 Å². The van der Waals surface area contributed by atoms with Crippen molar-refractivity contribution in [3.63, 3.8) is 0 Å². The number of carbonyl (C=O) groups is 1. The van der Waals surface area contributed by atoms with Gasteiger partial charge in [-0.2, -0.15) is 0 Å². The van der Waals surface area contributed by atoms with Gasteiger partial charge in [-0.05, 0) is 37.8 Å². The highest BCUT2D eigenvalue weighted by molar-refractivity contribution is 5.94. The van der Waals surface area contributed by atoms with Gasteiger partial charge < -0.3 is 15.7 Å². The van der Waals surface area contributed by atoms with Crippen LogP contribution in [0.4, 0.5) is 5.82 Å². The molecule has 0 bridgehead atoms. The maximum Gasteiger partial charge on any atom is 0.253 e. The molecule has 5 nitrogen and oxygen atoms in total. The van der Waals surface area contributed by atoms with E-state index in [4.69, 9.17) is 10.8 Å². The average Bonchev–Trinajstić information content (AvgIpc) is 2.41. The number of unbranched alkanes of at least 4 members (excludes halogenated alkanes) is 2. The minimum Gasteiger partial charge on any atom is -0.396 e. The van der Waals surface area contributed by atoms with E-state index in [0.29, 0.717) is 17.9 Å². The number of nitrogen functional groups attached to an aromatic ring is 1. The van der Waals surface area contributed by atoms with Crippen LogP contribution in [0.5, 0.6) is 0 Å². The zero-order valence-corrected chi connectivity index (χ0v) is 11.7. The van der Waals surface area contributed by atoms with Crippen molar-refractivity contribution in [2.45, 2.75) is 32.6 Å². The van der Waals surface area contributed by atoms with Gasteiger partial charge in [0.2, 0.25) is 0 Å². The van der Waals surface area contributed by atoms with Crippen LogP contribution in [-0.4, -0.2) is 41.1 Å². The second kappa shape index (κ2) is 7.74. The zero-order valence-electron chi connectivity index (χ0n) is 11.7. The van der Waals surface area contributed by atoms with Crippen molar-refractivity contribution in [3.05, 3.63) is 23.4 Å². The van der Waals surface area contributed by atoms with E-state index in [9.17, 15) is 4.79 Å². The van der Waals surface area contributed by atoms with Crippen molar-refractivity contribution in [3.8, 4) is 0 Å². The summed E-state index contributed by atoms with van der Waals surface area (Å²) in [5.74, 6) is 0.351.